The second-order valence-electron chi connectivity index (χ2n) is 6.85. The van der Waals surface area contributed by atoms with Gasteiger partial charge in [0.15, 0.2) is 6.10 Å². The number of benzene rings is 1. The second-order valence-corrected chi connectivity index (χ2v) is 7.28. The third-order valence-electron chi connectivity index (χ3n) is 5.17. The number of halogens is 1. The van der Waals surface area contributed by atoms with Crippen molar-refractivity contribution in [2.45, 2.75) is 45.1 Å². The van der Waals surface area contributed by atoms with Crippen LogP contribution < -0.4 is 0 Å². The van der Waals surface area contributed by atoms with E-state index in [-0.39, 0.29) is 29.5 Å². The van der Waals surface area contributed by atoms with Gasteiger partial charge in [0.05, 0.1) is 5.92 Å². The predicted molar refractivity (Wildman–Crippen MR) is 89.9 cm³/mol. The first-order valence-corrected chi connectivity index (χ1v) is 8.87. The van der Waals surface area contributed by atoms with Crippen molar-refractivity contribution in [1.82, 2.24) is 0 Å². The van der Waals surface area contributed by atoms with E-state index >= 15 is 0 Å². The van der Waals surface area contributed by atoms with Crippen molar-refractivity contribution >= 4 is 29.1 Å². The number of Topliss-reactive ketones (excluding diaryl/α,β-unsaturated/α-hetero) is 2. The molecule has 1 aromatic rings. The zero-order valence-corrected chi connectivity index (χ0v) is 14.4. The van der Waals surface area contributed by atoms with Gasteiger partial charge >= 0.3 is 5.97 Å². The Bertz CT molecular complexity index is 636. The predicted octanol–water partition coefficient (Wildman–Crippen LogP) is 3.85. The quantitative estimate of drug-likeness (QED) is 0.612. The molecule has 2 aliphatic rings. The van der Waals surface area contributed by atoms with Gasteiger partial charge in [-0.1, -0.05) is 18.0 Å². The molecule has 0 spiro atoms. The van der Waals surface area contributed by atoms with E-state index in [0.29, 0.717) is 29.2 Å². The molecule has 0 N–H and O–H groups in total. The fourth-order valence-corrected chi connectivity index (χ4v) is 3.97. The number of carbonyl (C=O) groups excluding carboxylic acids is 3. The number of ether oxygens (including phenoxy) is 1. The van der Waals surface area contributed by atoms with Gasteiger partial charge in [-0.3, -0.25) is 14.4 Å². The highest BCUT2D eigenvalue weighted by Gasteiger charge is 2.42. The Morgan fingerprint density at radius 3 is 2.29 bits per heavy atom. The summed E-state index contributed by atoms with van der Waals surface area (Å²) in [6.07, 6.45) is 3.10. The average Bonchev–Trinajstić information content (AvgIpc) is 2.54. The molecule has 0 aromatic heterocycles. The topological polar surface area (TPSA) is 60.4 Å². The van der Waals surface area contributed by atoms with Crippen LogP contribution in [0.3, 0.4) is 0 Å². The molecule has 1 aromatic carbocycles. The van der Waals surface area contributed by atoms with Crippen molar-refractivity contribution in [2.24, 2.45) is 17.8 Å². The summed E-state index contributed by atoms with van der Waals surface area (Å²) in [5.74, 6) is -0.551. The van der Waals surface area contributed by atoms with Crippen LogP contribution >= 0.6 is 11.6 Å². The molecular weight excluding hydrogens is 328 g/mol. The normalized spacial score (nSPS) is 27.4. The number of rotatable bonds is 4. The summed E-state index contributed by atoms with van der Waals surface area (Å²) in [4.78, 5) is 36.9. The molecule has 0 heterocycles. The standard InChI is InChI=1S/C19H21ClO4/c1-11(17(21)12-5-7-16(20)8-6-12)24-19(23)15-9-13-3-2-4-14(10-15)18(13)22/h5-8,11,13-15H,2-4,9-10H2,1H3. The molecule has 3 rings (SSSR count). The molecule has 24 heavy (non-hydrogen) atoms. The first-order valence-electron chi connectivity index (χ1n) is 8.49. The van der Waals surface area contributed by atoms with Crippen LogP contribution in [-0.4, -0.2) is 23.6 Å². The highest BCUT2D eigenvalue weighted by molar-refractivity contribution is 6.30. The van der Waals surface area contributed by atoms with E-state index in [1.54, 1.807) is 31.2 Å². The lowest BCUT2D eigenvalue weighted by Crippen LogP contribution is -2.40. The van der Waals surface area contributed by atoms with E-state index in [1.165, 1.54) is 0 Å². The Morgan fingerprint density at radius 1 is 1.12 bits per heavy atom. The Labute approximate surface area is 146 Å². The number of carbonyl (C=O) groups is 3. The van der Waals surface area contributed by atoms with Crippen LogP contribution in [0.2, 0.25) is 5.02 Å². The van der Waals surface area contributed by atoms with Gasteiger partial charge in [0, 0.05) is 22.4 Å². The number of hydrogen-bond donors (Lipinski definition) is 0. The molecule has 2 aliphatic carbocycles. The minimum atomic E-state index is -0.837. The smallest absolute Gasteiger partial charge is 0.309 e. The van der Waals surface area contributed by atoms with E-state index < -0.39 is 6.10 Å². The van der Waals surface area contributed by atoms with Gasteiger partial charge in [-0.15, -0.1) is 0 Å². The highest BCUT2D eigenvalue weighted by atomic mass is 35.5. The molecular formula is C19H21ClO4. The van der Waals surface area contributed by atoms with Gasteiger partial charge in [-0.25, -0.2) is 0 Å². The Hall–Kier alpha value is -1.68. The van der Waals surface area contributed by atoms with Crippen molar-refractivity contribution in [3.05, 3.63) is 34.9 Å². The molecule has 4 nitrogen and oxygen atoms in total. The summed E-state index contributed by atoms with van der Waals surface area (Å²) in [5.41, 5.74) is 0.468. The van der Waals surface area contributed by atoms with E-state index in [2.05, 4.69) is 0 Å². The molecule has 0 saturated heterocycles. The maximum atomic E-state index is 12.4. The molecule has 5 heteroatoms. The lowest BCUT2D eigenvalue weighted by atomic mass is 9.67. The van der Waals surface area contributed by atoms with Gasteiger partial charge in [-0.05, 0) is 56.9 Å². The minimum absolute atomic E-state index is 0.00248. The van der Waals surface area contributed by atoms with E-state index in [9.17, 15) is 14.4 Å². The van der Waals surface area contributed by atoms with Crippen molar-refractivity contribution in [1.29, 1.82) is 0 Å². The lowest BCUT2D eigenvalue weighted by Gasteiger charge is -2.36. The molecule has 2 fully saturated rings. The third-order valence-corrected chi connectivity index (χ3v) is 5.42. The molecule has 128 valence electrons. The van der Waals surface area contributed by atoms with Crippen LogP contribution in [0, 0.1) is 17.8 Å². The second kappa shape index (κ2) is 7.06. The van der Waals surface area contributed by atoms with Gasteiger partial charge in [0.1, 0.15) is 5.78 Å². The summed E-state index contributed by atoms with van der Waals surface area (Å²) < 4.78 is 5.40. The molecule has 0 aliphatic heterocycles. The summed E-state index contributed by atoms with van der Waals surface area (Å²) in [5, 5.41) is 0.551. The van der Waals surface area contributed by atoms with Gasteiger partial charge in [-0.2, -0.15) is 0 Å². The SMILES string of the molecule is CC(OC(=O)C1CC2CCCC(C1)C2=O)C(=O)c1ccc(Cl)cc1. The number of ketones is 2. The van der Waals surface area contributed by atoms with Crippen molar-refractivity contribution in [3.8, 4) is 0 Å². The molecule has 2 saturated carbocycles. The minimum Gasteiger partial charge on any atom is -0.454 e. The van der Waals surface area contributed by atoms with E-state index in [0.717, 1.165) is 19.3 Å². The zero-order chi connectivity index (χ0) is 17.3. The summed E-state index contributed by atoms with van der Waals surface area (Å²) in [6, 6.07) is 6.52. The van der Waals surface area contributed by atoms with Crippen LogP contribution in [0.25, 0.3) is 0 Å². The van der Waals surface area contributed by atoms with Crippen LogP contribution in [0.5, 0.6) is 0 Å². The van der Waals surface area contributed by atoms with E-state index in [4.69, 9.17) is 16.3 Å². The number of hydrogen-bond acceptors (Lipinski definition) is 4. The van der Waals surface area contributed by atoms with Gasteiger partial charge in [0.2, 0.25) is 5.78 Å². The number of fused-ring (bicyclic) bond motifs is 2. The third kappa shape index (κ3) is 3.54. The molecule has 0 amide bonds. The van der Waals surface area contributed by atoms with Crippen molar-refractivity contribution < 1.29 is 19.1 Å². The molecule has 3 unspecified atom stereocenters. The monoisotopic (exact) mass is 348 g/mol. The Balaban J connectivity index is 1.61. The molecule has 0 radical (unpaired) electrons. The highest BCUT2D eigenvalue weighted by Crippen LogP contribution is 2.40. The molecule has 3 atom stereocenters. The maximum Gasteiger partial charge on any atom is 0.309 e. The van der Waals surface area contributed by atoms with Crippen molar-refractivity contribution in [2.75, 3.05) is 0 Å². The van der Waals surface area contributed by atoms with Crippen LogP contribution in [0.15, 0.2) is 24.3 Å². The van der Waals surface area contributed by atoms with E-state index in [1.807, 2.05) is 0 Å². The molecule has 2 bridgehead atoms. The summed E-state index contributed by atoms with van der Waals surface area (Å²) in [6.45, 7) is 1.59. The van der Waals surface area contributed by atoms with Gasteiger partial charge < -0.3 is 4.74 Å². The van der Waals surface area contributed by atoms with Gasteiger partial charge in [0.25, 0.3) is 0 Å². The first kappa shape index (κ1) is 17.2. The fraction of sp³-hybridized carbons (Fsp3) is 0.526. The summed E-state index contributed by atoms with van der Waals surface area (Å²) in [7, 11) is 0. The Kier molecular flexibility index (Phi) is 5.04. The Morgan fingerprint density at radius 2 is 1.71 bits per heavy atom. The zero-order valence-electron chi connectivity index (χ0n) is 13.7. The maximum absolute atomic E-state index is 12.4. The largest absolute Gasteiger partial charge is 0.454 e. The first-order chi connectivity index (χ1) is 11.5. The number of esters is 1. The average molecular weight is 349 g/mol. The van der Waals surface area contributed by atoms with Crippen LogP contribution in [0.4, 0.5) is 0 Å². The fourth-order valence-electron chi connectivity index (χ4n) is 3.84. The lowest BCUT2D eigenvalue weighted by molar-refractivity contribution is -0.155. The van der Waals surface area contributed by atoms with Crippen molar-refractivity contribution in [3.63, 3.8) is 0 Å². The summed E-state index contributed by atoms with van der Waals surface area (Å²) >= 11 is 5.82. The van der Waals surface area contributed by atoms with Crippen LogP contribution in [0.1, 0.15) is 49.4 Å². The van der Waals surface area contributed by atoms with Crippen LogP contribution in [-0.2, 0) is 14.3 Å².